The number of nitrogens with zero attached hydrogens (tertiary/aromatic N) is 4. The first-order chi connectivity index (χ1) is 15.2. The Hall–Kier alpha value is -3.28. The van der Waals surface area contributed by atoms with E-state index < -0.39 is 0 Å². The van der Waals surface area contributed by atoms with Crippen molar-refractivity contribution in [2.45, 2.75) is 19.3 Å². The molecule has 0 unspecified atom stereocenters. The van der Waals surface area contributed by atoms with Crippen molar-refractivity contribution in [3.63, 3.8) is 0 Å². The molecule has 0 radical (unpaired) electrons. The maximum atomic E-state index is 13.1. The van der Waals surface area contributed by atoms with Gasteiger partial charge in [0.1, 0.15) is 5.82 Å². The molecule has 2 heterocycles. The average Bonchev–Trinajstić information content (AvgIpc) is 3.02. The van der Waals surface area contributed by atoms with Gasteiger partial charge in [0.2, 0.25) is 5.91 Å². The smallest absolute Gasteiger partial charge is 0.222 e. The number of aromatic nitrogens is 2. The van der Waals surface area contributed by atoms with Crippen LogP contribution in [0.2, 0.25) is 0 Å². The zero-order chi connectivity index (χ0) is 21.5. The third kappa shape index (κ3) is 5.87. The Bertz CT molecular complexity index is 966. The zero-order valence-corrected chi connectivity index (χ0v) is 17.5. The molecule has 6 heteroatoms. The molecule has 0 bridgehead atoms. The lowest BCUT2D eigenvalue weighted by Gasteiger charge is -2.25. The van der Waals surface area contributed by atoms with E-state index in [1.807, 2.05) is 23.1 Å². The van der Waals surface area contributed by atoms with Crippen LogP contribution < -0.4 is 4.90 Å². The number of aryl methyl sites for hydroxylation is 1. The van der Waals surface area contributed by atoms with Crippen LogP contribution in [0.15, 0.2) is 73.2 Å². The fourth-order valence-corrected chi connectivity index (χ4v) is 4.13. The van der Waals surface area contributed by atoms with Crippen molar-refractivity contribution >= 4 is 11.6 Å². The molecule has 0 N–H and O–H groups in total. The predicted molar refractivity (Wildman–Crippen MR) is 119 cm³/mol. The zero-order valence-electron chi connectivity index (χ0n) is 17.5. The van der Waals surface area contributed by atoms with Crippen LogP contribution in [-0.2, 0) is 17.6 Å². The lowest BCUT2D eigenvalue weighted by Crippen LogP contribution is -2.36. The molecule has 1 saturated heterocycles. The topological polar surface area (TPSA) is 49.3 Å². The summed E-state index contributed by atoms with van der Waals surface area (Å²) in [5.41, 5.74) is 3.10. The van der Waals surface area contributed by atoms with Crippen LogP contribution in [0.3, 0.4) is 0 Å². The average molecular weight is 419 g/mol. The number of anilines is 1. The molecule has 0 spiro atoms. The van der Waals surface area contributed by atoms with Crippen molar-refractivity contribution in [3.8, 4) is 0 Å². The molecule has 5 nitrogen and oxygen atoms in total. The van der Waals surface area contributed by atoms with Crippen LogP contribution in [-0.4, -0.2) is 47.0 Å². The van der Waals surface area contributed by atoms with Crippen LogP contribution in [0.1, 0.15) is 17.7 Å². The number of para-hydroxylation sites is 1. The minimum atomic E-state index is -0.254. The molecule has 31 heavy (non-hydrogen) atoms. The van der Waals surface area contributed by atoms with Crippen LogP contribution >= 0.6 is 0 Å². The number of rotatable bonds is 6. The molecule has 1 aliphatic rings. The van der Waals surface area contributed by atoms with Gasteiger partial charge in [-0.1, -0.05) is 30.3 Å². The Morgan fingerprint density at radius 2 is 1.81 bits per heavy atom. The van der Waals surface area contributed by atoms with Crippen molar-refractivity contribution in [2.24, 2.45) is 5.92 Å². The minimum absolute atomic E-state index is 0.142. The quantitative estimate of drug-likeness (QED) is 0.612. The first-order valence-electron chi connectivity index (χ1n) is 10.7. The summed E-state index contributed by atoms with van der Waals surface area (Å²) in [5, 5.41) is 0. The Morgan fingerprint density at radius 1 is 1.00 bits per heavy atom. The van der Waals surface area contributed by atoms with E-state index in [2.05, 4.69) is 27.0 Å². The first-order valence-corrected chi connectivity index (χ1v) is 10.7. The predicted octanol–water partition coefficient (Wildman–Crippen LogP) is 3.76. The molecule has 1 atom stereocenters. The number of benzene rings is 2. The van der Waals surface area contributed by atoms with Gasteiger partial charge in [0.25, 0.3) is 0 Å². The SMILES string of the molecule is O=C(CCc1ccc(F)cc1)N1CCN(c2ccccc2)C[C@H](Cc2cnccn2)C1. The molecule has 1 fully saturated rings. The fraction of sp³-hybridized carbons (Fsp3) is 0.320. The lowest BCUT2D eigenvalue weighted by atomic mass is 10.0. The van der Waals surface area contributed by atoms with Gasteiger partial charge in [-0.3, -0.25) is 14.8 Å². The highest BCUT2D eigenvalue weighted by Crippen LogP contribution is 2.21. The van der Waals surface area contributed by atoms with E-state index in [1.54, 1.807) is 30.7 Å². The summed E-state index contributed by atoms with van der Waals surface area (Å²) in [7, 11) is 0. The first kappa shape index (κ1) is 21.0. The van der Waals surface area contributed by atoms with Crippen LogP contribution in [0.5, 0.6) is 0 Å². The van der Waals surface area contributed by atoms with Crippen LogP contribution in [0.25, 0.3) is 0 Å². The van der Waals surface area contributed by atoms with Crippen molar-refractivity contribution in [2.75, 3.05) is 31.1 Å². The Morgan fingerprint density at radius 3 is 2.55 bits per heavy atom. The van der Waals surface area contributed by atoms with E-state index in [-0.39, 0.29) is 17.6 Å². The van der Waals surface area contributed by atoms with E-state index in [1.165, 1.54) is 17.8 Å². The summed E-state index contributed by atoms with van der Waals surface area (Å²) in [4.78, 5) is 26.0. The summed E-state index contributed by atoms with van der Waals surface area (Å²) in [6.07, 6.45) is 7.02. The van der Waals surface area contributed by atoms with E-state index in [4.69, 9.17) is 0 Å². The number of halogens is 1. The molecule has 160 valence electrons. The second kappa shape index (κ2) is 10.2. The molecule has 1 amide bonds. The van der Waals surface area contributed by atoms with E-state index >= 15 is 0 Å². The van der Waals surface area contributed by atoms with Gasteiger partial charge in [0, 0.05) is 56.9 Å². The maximum Gasteiger partial charge on any atom is 0.222 e. The number of hydrogen-bond acceptors (Lipinski definition) is 4. The van der Waals surface area contributed by atoms with Gasteiger partial charge in [-0.05, 0) is 48.6 Å². The van der Waals surface area contributed by atoms with E-state index in [9.17, 15) is 9.18 Å². The number of amides is 1. The standard InChI is InChI=1S/C25H27FN4O/c26-22-9-6-20(7-10-22)8-11-25(31)30-15-14-29(24-4-2-1-3-5-24)18-21(19-30)16-23-17-27-12-13-28-23/h1-7,9-10,12-13,17,21H,8,11,14-16,18-19H2/t21-/m0/s1. The molecule has 0 saturated carbocycles. The molecule has 4 rings (SSSR count). The summed E-state index contributed by atoms with van der Waals surface area (Å²) < 4.78 is 13.1. The summed E-state index contributed by atoms with van der Waals surface area (Å²) in [6.45, 7) is 3.04. The van der Waals surface area contributed by atoms with Gasteiger partial charge >= 0.3 is 0 Å². The van der Waals surface area contributed by atoms with Crippen molar-refractivity contribution < 1.29 is 9.18 Å². The van der Waals surface area contributed by atoms with Crippen molar-refractivity contribution in [1.82, 2.24) is 14.9 Å². The number of carbonyl (C=O) groups excluding carboxylic acids is 1. The molecule has 2 aromatic carbocycles. The number of hydrogen-bond donors (Lipinski definition) is 0. The van der Waals surface area contributed by atoms with Crippen LogP contribution in [0, 0.1) is 11.7 Å². The van der Waals surface area contributed by atoms with E-state index in [0.29, 0.717) is 25.9 Å². The number of carbonyl (C=O) groups is 1. The lowest BCUT2D eigenvalue weighted by molar-refractivity contribution is -0.131. The van der Waals surface area contributed by atoms with Gasteiger partial charge in [0.15, 0.2) is 0 Å². The minimum Gasteiger partial charge on any atom is -0.369 e. The van der Waals surface area contributed by atoms with Crippen LogP contribution in [0.4, 0.5) is 10.1 Å². The molecule has 3 aromatic rings. The molecular formula is C25H27FN4O. The van der Waals surface area contributed by atoms with E-state index in [0.717, 1.165) is 30.8 Å². The highest BCUT2D eigenvalue weighted by Gasteiger charge is 2.26. The summed E-state index contributed by atoms with van der Waals surface area (Å²) >= 11 is 0. The molecule has 1 aliphatic heterocycles. The second-order valence-electron chi connectivity index (χ2n) is 8.01. The Balaban J connectivity index is 1.45. The third-order valence-corrected chi connectivity index (χ3v) is 5.73. The highest BCUT2D eigenvalue weighted by atomic mass is 19.1. The molecule has 1 aromatic heterocycles. The second-order valence-corrected chi connectivity index (χ2v) is 8.01. The molecular weight excluding hydrogens is 391 g/mol. The maximum absolute atomic E-state index is 13.1. The highest BCUT2D eigenvalue weighted by molar-refractivity contribution is 5.76. The summed E-state index contributed by atoms with van der Waals surface area (Å²) in [6, 6.07) is 16.7. The van der Waals surface area contributed by atoms with Gasteiger partial charge in [-0.25, -0.2) is 4.39 Å². The third-order valence-electron chi connectivity index (χ3n) is 5.73. The fourth-order valence-electron chi connectivity index (χ4n) is 4.13. The largest absolute Gasteiger partial charge is 0.369 e. The van der Waals surface area contributed by atoms with Gasteiger partial charge in [0.05, 0.1) is 5.69 Å². The van der Waals surface area contributed by atoms with Crippen molar-refractivity contribution in [3.05, 3.63) is 90.3 Å². The Labute approximate surface area is 182 Å². The van der Waals surface area contributed by atoms with Gasteiger partial charge in [-0.2, -0.15) is 0 Å². The monoisotopic (exact) mass is 418 g/mol. The Kier molecular flexibility index (Phi) is 6.87. The van der Waals surface area contributed by atoms with Gasteiger partial charge < -0.3 is 9.80 Å². The normalized spacial score (nSPS) is 16.7. The molecule has 0 aliphatic carbocycles. The van der Waals surface area contributed by atoms with Gasteiger partial charge in [-0.15, -0.1) is 0 Å². The summed E-state index contributed by atoms with van der Waals surface area (Å²) in [5.74, 6) is 0.146. The van der Waals surface area contributed by atoms with Crippen molar-refractivity contribution in [1.29, 1.82) is 0 Å².